The molecule has 0 unspecified atom stereocenters. The van der Waals surface area contributed by atoms with Crippen molar-refractivity contribution in [1.29, 1.82) is 0 Å². The molecule has 6 aromatic rings. The molecule has 0 spiro atoms. The van der Waals surface area contributed by atoms with Gasteiger partial charge in [0.1, 0.15) is 44.6 Å². The van der Waals surface area contributed by atoms with Crippen LogP contribution in [0.25, 0.3) is 0 Å². The number of hydrogen-bond acceptors (Lipinski definition) is 24. The fourth-order valence-electron chi connectivity index (χ4n) is 27.8. The van der Waals surface area contributed by atoms with Gasteiger partial charge in [-0.3, -0.25) is 47.9 Å². The summed E-state index contributed by atoms with van der Waals surface area (Å²) in [5, 5.41) is 85.6. The van der Waals surface area contributed by atoms with Gasteiger partial charge in [-0.2, -0.15) is 0 Å². The van der Waals surface area contributed by atoms with Crippen molar-refractivity contribution >= 4 is 69.7 Å². The maximum Gasteiger partial charge on any atom is 0.193 e. The van der Waals surface area contributed by atoms with E-state index in [0.29, 0.717) is 51.2 Å². The molecule has 0 radical (unpaired) electrons. The van der Waals surface area contributed by atoms with E-state index < -0.39 is 224 Å². The first kappa shape index (κ1) is 102. The summed E-state index contributed by atoms with van der Waals surface area (Å²) in [5.74, 6) is -9.03. The van der Waals surface area contributed by atoms with Crippen LogP contribution in [-0.2, 0) is 67.0 Å². The molecule has 29 atom stereocenters. The van der Waals surface area contributed by atoms with Crippen molar-refractivity contribution in [2.24, 2.45) is 68.0 Å². The Balaban J connectivity index is 0.000000141. The summed E-state index contributed by atoms with van der Waals surface area (Å²) < 4.78 is 124. The number of anilines is 2. The number of carbonyl (C=O) groups excluding carboxylic acids is 10. The smallest absolute Gasteiger partial charge is 0.193 e. The molecule has 11 fully saturated rings. The third-order valence-electron chi connectivity index (χ3n) is 34.7. The molecule has 12 aliphatic carbocycles. The topological polar surface area (TPSA) is 422 Å². The van der Waals surface area contributed by atoms with E-state index in [2.05, 4.69) is 0 Å². The second-order valence-corrected chi connectivity index (χ2v) is 41.7. The summed E-state index contributed by atoms with van der Waals surface area (Å²) in [5.41, 5.74) is -1.62. The van der Waals surface area contributed by atoms with Crippen molar-refractivity contribution in [2.75, 3.05) is 31.3 Å². The van der Waals surface area contributed by atoms with Crippen LogP contribution in [0, 0.1) is 74.9 Å². The lowest BCUT2D eigenvalue weighted by atomic mass is 9.44. The zero-order valence-corrected chi connectivity index (χ0v) is 77.8. The van der Waals surface area contributed by atoms with E-state index >= 15 is 26.3 Å². The number of fused-ring (bicyclic) bond motifs is 19. The van der Waals surface area contributed by atoms with E-state index in [0.717, 1.165) is 52.8 Å². The highest BCUT2D eigenvalue weighted by molar-refractivity contribution is 6.04. The summed E-state index contributed by atoms with van der Waals surface area (Å²) in [6.45, 7) is 8.69. The first-order valence-corrected chi connectivity index (χ1v) is 47.1. The van der Waals surface area contributed by atoms with E-state index in [9.17, 15) is 88.8 Å². The average Bonchev–Trinajstić information content (AvgIpc) is 1.47. The van der Waals surface area contributed by atoms with Gasteiger partial charge in [-0.1, -0.05) is 173 Å². The predicted molar refractivity (Wildman–Crippen MR) is 501 cm³/mol. The molecule has 24 nitrogen and oxygen atoms in total. The molecule has 14 aliphatic rings. The minimum atomic E-state index is -2.37. The van der Waals surface area contributed by atoms with Gasteiger partial charge in [0.25, 0.3) is 0 Å². The van der Waals surface area contributed by atoms with Crippen LogP contribution < -0.4 is 11.5 Å². The van der Waals surface area contributed by atoms with E-state index in [-0.39, 0.29) is 112 Å². The van der Waals surface area contributed by atoms with E-state index in [1.807, 2.05) is 43.3 Å². The third-order valence-corrected chi connectivity index (χ3v) is 34.7. The van der Waals surface area contributed by atoms with E-state index in [1.165, 1.54) is 58.1 Å². The number of halogens is 6. The van der Waals surface area contributed by atoms with Crippen molar-refractivity contribution in [1.82, 2.24) is 0 Å². The van der Waals surface area contributed by atoms with Gasteiger partial charge in [-0.25, -0.2) is 26.3 Å². The number of alkyl halides is 6. The molecular formula is C110H118F6N2O22. The van der Waals surface area contributed by atoms with E-state index in [1.54, 1.807) is 123 Å². The number of aldehydes is 1. The number of aliphatic hydroxyl groups is 8. The lowest BCUT2D eigenvalue weighted by Gasteiger charge is -2.63. The maximum atomic E-state index is 17.6. The zero-order valence-electron chi connectivity index (χ0n) is 77.8. The molecule has 30 heteroatoms. The number of aliphatic hydroxyl groups excluding tert-OH is 7. The number of allylic oxidation sites excluding steroid dienone is 12. The first-order valence-electron chi connectivity index (χ1n) is 47.1. The molecule has 0 aromatic heterocycles. The Labute approximate surface area is 806 Å². The molecule has 20 rings (SSSR count). The Hall–Kier alpha value is -10.8. The van der Waals surface area contributed by atoms with Crippen molar-refractivity contribution in [2.45, 2.75) is 234 Å². The van der Waals surface area contributed by atoms with Crippen molar-refractivity contribution in [3.05, 3.63) is 273 Å². The minimum Gasteiger partial charge on any atom is -0.399 e. The highest BCUT2D eigenvalue weighted by Gasteiger charge is 2.84. The van der Waals surface area contributed by atoms with Gasteiger partial charge in [-0.15, -0.1) is 0 Å². The number of hydrogen-bond donors (Lipinski definition) is 10. The summed E-state index contributed by atoms with van der Waals surface area (Å²) in [4.78, 5) is 124. The monoisotopic (exact) mass is 1930 g/mol. The third kappa shape index (κ3) is 15.4. The van der Waals surface area contributed by atoms with Crippen LogP contribution in [0.4, 0.5) is 37.7 Å². The van der Waals surface area contributed by atoms with Gasteiger partial charge in [0.15, 0.2) is 98.4 Å². The first-order chi connectivity index (χ1) is 65.6. The fourth-order valence-corrected chi connectivity index (χ4v) is 27.8. The Kier molecular flexibility index (Phi) is 26.9. The fraction of sp³-hybridized carbons (Fsp3) is 0.473. The molecule has 0 amide bonds. The molecule has 9 saturated carbocycles. The van der Waals surface area contributed by atoms with Crippen LogP contribution in [0.15, 0.2) is 217 Å². The van der Waals surface area contributed by atoms with Crippen LogP contribution in [-0.4, -0.2) is 208 Å². The second-order valence-electron chi connectivity index (χ2n) is 41.7. The minimum absolute atomic E-state index is 0. The highest BCUT2D eigenvalue weighted by atomic mass is 19.2. The Bertz CT molecular complexity index is 5960. The number of nitrogens with two attached hydrogens (primary N) is 2. The second kappa shape index (κ2) is 36.8. The lowest BCUT2D eigenvalue weighted by Crippen LogP contribution is -2.70. The van der Waals surface area contributed by atoms with Gasteiger partial charge < -0.3 is 71.3 Å². The number of rotatable bonds is 18. The lowest BCUT2D eigenvalue weighted by molar-refractivity contribution is -0.235. The quantitative estimate of drug-likeness (QED) is 0.0165. The largest absolute Gasteiger partial charge is 0.399 e. The molecule has 2 aliphatic heterocycles. The molecule has 0 bridgehead atoms. The summed E-state index contributed by atoms with van der Waals surface area (Å²) in [6, 6.07) is 42.2. The Morgan fingerprint density at radius 1 is 0.421 bits per heavy atom. The number of ether oxygens (including phenoxy) is 4. The van der Waals surface area contributed by atoms with Gasteiger partial charge >= 0.3 is 0 Å². The highest BCUT2D eigenvalue weighted by Crippen LogP contribution is 2.76. The maximum absolute atomic E-state index is 17.6. The zero-order chi connectivity index (χ0) is 100. The number of aryl methyl sites for hydroxylation is 1. The number of benzene rings is 6. The number of ketones is 9. The average molecular weight is 1930 g/mol. The number of Topliss-reactive ketones (excluding diaryl/α,β-unsaturated/α-hetero) is 6. The van der Waals surface area contributed by atoms with Gasteiger partial charge in [0.2, 0.25) is 0 Å². The van der Waals surface area contributed by atoms with Crippen LogP contribution in [0.2, 0.25) is 0 Å². The standard InChI is InChI=1S/2C36H37F2NO7.C21H26F2O6.C16H14O2.CH4/c2*1-33-11-10-23(41)14-26(33)27(37)15-25-24-16-31-36(30(44)18-40,34(24,2)17-29(43)35(25,33)38)46-32(45-31)21-8-6-20(7-9-21)28(42)13-19-4-3-5-22(39)12-19;1-18-4-3-10(25)5-13(18)14(22)6-12-11-7-15(26)21(29,17(28)9-24)19(11,2)8-16(27)20(12,18)23;1-12-3-2-4-14(9-12)10-16(18)15-7-5-13(11-17)6-8-15;/h2*3-12,14,24-25,27,29,31-32,40,43H,13,15-18,39H2,1-2H3;3-5,11-12,14-16,24,26-27,29H,6-9H2,1-2H3;2-9,11H,10H2,1H3;1H4/t24-,25-,27-,29-,31+,32+,33-,34-,35-,36+;24-,25-,27-,29-,31+,32-,33-,34-,35-,36+;11-,12-,14-,15+,16-,18-,19-,20-,21-;;/m000../s1. The van der Waals surface area contributed by atoms with Crippen LogP contribution in [0.5, 0.6) is 0 Å². The number of carbonyl (C=O) groups is 10. The number of nitrogen functional groups attached to an aromatic ring is 2. The predicted octanol–water partition coefficient (Wildman–Crippen LogP) is 13.1. The van der Waals surface area contributed by atoms with E-state index in [4.69, 9.17) is 30.4 Å². The van der Waals surface area contributed by atoms with Crippen LogP contribution >= 0.6 is 0 Å². The van der Waals surface area contributed by atoms with Crippen molar-refractivity contribution in [3.8, 4) is 0 Å². The summed E-state index contributed by atoms with van der Waals surface area (Å²) in [6.07, 6.45) is -4.36. The summed E-state index contributed by atoms with van der Waals surface area (Å²) >= 11 is 0. The molecule has 2 saturated heterocycles. The molecule has 12 N–H and O–H groups in total. The van der Waals surface area contributed by atoms with Gasteiger partial charge in [0, 0.05) is 114 Å². The summed E-state index contributed by atoms with van der Waals surface area (Å²) in [7, 11) is 0. The molecule has 742 valence electrons. The Morgan fingerprint density at radius 3 is 1.07 bits per heavy atom. The van der Waals surface area contributed by atoms with Crippen LogP contribution in [0.1, 0.15) is 194 Å². The SMILES string of the molecule is C.C[C@]12C=CC(=O)C=C1[C@@H](F)C[C@H]1[C@@H]3C[C@@H](O)[C@](O)(C(=O)CO)[C@@]3(C)C[C@H](O)[C@@]12F.C[C@]12C=CC(=O)C=C1[C@@H](F)C[C@H]1[C@@H]3C[C@H]4O[C@@H](c5ccc(C(=O)Cc6cccc(N)c6)cc5)O[C@@]4(C(=O)CO)[C@@]3(C)C[C@H](O)[C@@]12F.C[C@]12C=CC(=O)C=C1[C@@H](F)C[C@H]1[C@@H]3C[C@H]4O[C@H](c5ccc(C(=O)Cc6cccc(N)c6)cc5)O[C@@]4(C(=O)CO)[C@@]3(C)C[C@H](O)[C@@]12F.Cc1cccc(CC(=O)c2ccc(C=O)cc2)c1. The molecular weight excluding hydrogens is 1820 g/mol. The van der Waals surface area contributed by atoms with Gasteiger partial charge in [0.05, 0.1) is 36.6 Å². The van der Waals surface area contributed by atoms with Gasteiger partial charge in [-0.05, 0) is 197 Å². The van der Waals surface area contributed by atoms with Crippen molar-refractivity contribution in [3.63, 3.8) is 0 Å². The molecule has 140 heavy (non-hydrogen) atoms. The normalized spacial score (nSPS) is 39.2. The Morgan fingerprint density at radius 2 is 0.743 bits per heavy atom. The molecule has 6 aromatic carbocycles. The molecule has 2 heterocycles. The van der Waals surface area contributed by atoms with Crippen molar-refractivity contribution < 1.29 is 134 Å². The van der Waals surface area contributed by atoms with Crippen LogP contribution in [0.3, 0.4) is 0 Å².